The number of hydrogen-bond acceptors (Lipinski definition) is 5. The Labute approximate surface area is 119 Å². The Hall–Kier alpha value is -1.10. The topological polar surface area (TPSA) is 53.9 Å². The average Bonchev–Trinajstić information content (AvgIpc) is 2.34. The van der Waals surface area contributed by atoms with Gasteiger partial charge in [-0.3, -0.25) is 0 Å². The van der Waals surface area contributed by atoms with Gasteiger partial charge in [-0.15, -0.1) is 0 Å². The molecule has 1 heterocycles. The van der Waals surface area contributed by atoms with Gasteiger partial charge in [-0.05, 0) is 43.7 Å². The zero-order chi connectivity index (χ0) is 13.7. The van der Waals surface area contributed by atoms with Crippen LogP contribution in [0.2, 0.25) is 5.28 Å². The molecule has 0 aliphatic heterocycles. The van der Waals surface area contributed by atoms with E-state index in [2.05, 4.69) is 39.0 Å². The maximum absolute atomic E-state index is 5.99. The van der Waals surface area contributed by atoms with Crippen LogP contribution in [0.4, 0.5) is 11.9 Å². The van der Waals surface area contributed by atoms with Crippen molar-refractivity contribution in [1.29, 1.82) is 0 Å². The van der Waals surface area contributed by atoms with Gasteiger partial charge in [0.15, 0.2) is 0 Å². The van der Waals surface area contributed by atoms with E-state index in [-0.39, 0.29) is 5.28 Å². The zero-order valence-electron chi connectivity index (χ0n) is 11.7. The van der Waals surface area contributed by atoms with Crippen LogP contribution in [0.5, 0.6) is 0 Å². The maximum Gasteiger partial charge on any atom is 0.231 e. The predicted molar refractivity (Wildman–Crippen MR) is 78.8 cm³/mol. The third-order valence-corrected chi connectivity index (χ3v) is 3.67. The normalized spacial score (nSPS) is 15.1. The van der Waals surface area contributed by atoms with Gasteiger partial charge in [0.2, 0.25) is 17.2 Å². The number of hydrogen-bond donors (Lipinski definition) is 1. The summed E-state index contributed by atoms with van der Waals surface area (Å²) in [7, 11) is 0. The molecule has 1 aromatic rings. The zero-order valence-corrected chi connectivity index (χ0v) is 12.4. The quantitative estimate of drug-likeness (QED) is 0.834. The van der Waals surface area contributed by atoms with Gasteiger partial charge < -0.3 is 10.2 Å². The molecule has 0 radical (unpaired) electrons. The van der Waals surface area contributed by atoms with Gasteiger partial charge in [-0.1, -0.05) is 13.3 Å². The van der Waals surface area contributed by atoms with Gasteiger partial charge in [0.1, 0.15) is 0 Å². The van der Waals surface area contributed by atoms with Crippen LogP contribution in [-0.4, -0.2) is 34.6 Å². The first-order valence-corrected chi connectivity index (χ1v) is 7.51. The highest BCUT2D eigenvalue weighted by Gasteiger charge is 2.22. The van der Waals surface area contributed by atoms with Crippen molar-refractivity contribution in [2.75, 3.05) is 29.9 Å². The predicted octanol–water partition coefficient (Wildman–Crippen LogP) is 2.97. The van der Waals surface area contributed by atoms with Gasteiger partial charge in [0.05, 0.1) is 0 Å². The summed E-state index contributed by atoms with van der Waals surface area (Å²) in [5.41, 5.74) is 0. The second kappa shape index (κ2) is 6.89. The summed E-state index contributed by atoms with van der Waals surface area (Å²) in [6, 6.07) is 0. The number of aromatic nitrogens is 3. The summed E-state index contributed by atoms with van der Waals surface area (Å²) in [6.07, 6.45) is 5.01. The third-order valence-electron chi connectivity index (χ3n) is 3.50. The number of nitrogens with zero attached hydrogens (tertiary/aromatic N) is 4. The van der Waals surface area contributed by atoms with Crippen LogP contribution in [0, 0.1) is 5.92 Å². The molecule has 5 nitrogen and oxygen atoms in total. The molecule has 1 aliphatic rings. The standard InChI is InChI=1S/C13H22ClN5/c1-3-8-15-12-16-11(14)17-13(18-12)19(4-2)9-10-6-5-7-10/h10H,3-9H2,1-2H3,(H,15,16,17,18). The minimum Gasteiger partial charge on any atom is -0.354 e. The summed E-state index contributed by atoms with van der Waals surface area (Å²) in [5.74, 6) is 2.04. The maximum atomic E-state index is 5.99. The summed E-state index contributed by atoms with van der Waals surface area (Å²) in [6.45, 7) is 6.98. The Morgan fingerprint density at radius 2 is 2.05 bits per heavy atom. The molecule has 0 amide bonds. The second-order valence-electron chi connectivity index (χ2n) is 4.99. The molecule has 106 valence electrons. The molecule has 1 saturated carbocycles. The van der Waals surface area contributed by atoms with Crippen LogP contribution in [0.3, 0.4) is 0 Å². The van der Waals surface area contributed by atoms with Crippen LogP contribution < -0.4 is 10.2 Å². The van der Waals surface area contributed by atoms with Crippen molar-refractivity contribution in [2.24, 2.45) is 5.92 Å². The highest BCUT2D eigenvalue weighted by molar-refractivity contribution is 6.28. The van der Waals surface area contributed by atoms with E-state index in [4.69, 9.17) is 11.6 Å². The fourth-order valence-electron chi connectivity index (χ4n) is 2.14. The molecule has 19 heavy (non-hydrogen) atoms. The molecule has 0 unspecified atom stereocenters. The third kappa shape index (κ3) is 3.93. The molecule has 1 N–H and O–H groups in total. The van der Waals surface area contributed by atoms with Gasteiger partial charge in [-0.2, -0.15) is 15.0 Å². The van der Waals surface area contributed by atoms with E-state index in [1.807, 2.05) is 0 Å². The Morgan fingerprint density at radius 3 is 2.63 bits per heavy atom. The fraction of sp³-hybridized carbons (Fsp3) is 0.769. The molecule has 2 rings (SSSR count). The molecule has 1 aliphatic carbocycles. The van der Waals surface area contributed by atoms with Crippen LogP contribution in [0.25, 0.3) is 0 Å². The second-order valence-corrected chi connectivity index (χ2v) is 5.33. The van der Waals surface area contributed by atoms with Crippen molar-refractivity contribution in [3.63, 3.8) is 0 Å². The van der Waals surface area contributed by atoms with Gasteiger partial charge in [-0.25, -0.2) is 0 Å². The first kappa shape index (κ1) is 14.3. The molecular weight excluding hydrogens is 262 g/mol. The first-order valence-electron chi connectivity index (χ1n) is 7.13. The van der Waals surface area contributed by atoms with Crippen LogP contribution in [0.1, 0.15) is 39.5 Å². The van der Waals surface area contributed by atoms with Crippen molar-refractivity contribution in [2.45, 2.75) is 39.5 Å². The van der Waals surface area contributed by atoms with E-state index in [0.717, 1.165) is 32.0 Å². The molecule has 6 heteroatoms. The Balaban J connectivity index is 2.08. The van der Waals surface area contributed by atoms with E-state index >= 15 is 0 Å². The summed E-state index contributed by atoms with van der Waals surface area (Å²) in [5, 5.41) is 3.42. The lowest BCUT2D eigenvalue weighted by Crippen LogP contribution is -2.33. The van der Waals surface area contributed by atoms with Gasteiger partial charge in [0.25, 0.3) is 0 Å². The Kier molecular flexibility index (Phi) is 5.19. The van der Waals surface area contributed by atoms with Crippen LogP contribution in [0.15, 0.2) is 0 Å². The van der Waals surface area contributed by atoms with Crippen LogP contribution in [-0.2, 0) is 0 Å². The molecule has 1 aromatic heterocycles. The van der Waals surface area contributed by atoms with Gasteiger partial charge in [0, 0.05) is 19.6 Å². The highest BCUT2D eigenvalue weighted by atomic mass is 35.5. The van der Waals surface area contributed by atoms with Crippen LogP contribution >= 0.6 is 11.6 Å². The average molecular weight is 284 g/mol. The number of rotatable bonds is 7. The lowest BCUT2D eigenvalue weighted by molar-refractivity contribution is 0.317. The molecule has 0 saturated heterocycles. The minimum atomic E-state index is 0.260. The van der Waals surface area contributed by atoms with E-state index in [9.17, 15) is 0 Å². The SMILES string of the molecule is CCCNc1nc(Cl)nc(N(CC)CC2CCC2)n1. The van der Waals surface area contributed by atoms with E-state index in [1.54, 1.807) is 0 Å². The molecule has 0 aromatic carbocycles. The number of halogens is 1. The van der Waals surface area contributed by atoms with Gasteiger partial charge >= 0.3 is 0 Å². The summed E-state index contributed by atoms with van der Waals surface area (Å²) in [4.78, 5) is 15.0. The van der Waals surface area contributed by atoms with Crippen molar-refractivity contribution in [1.82, 2.24) is 15.0 Å². The summed E-state index contributed by atoms with van der Waals surface area (Å²) < 4.78 is 0. The molecule has 0 bridgehead atoms. The van der Waals surface area contributed by atoms with Crippen molar-refractivity contribution in [3.8, 4) is 0 Å². The molecule has 0 atom stereocenters. The Morgan fingerprint density at radius 1 is 1.26 bits per heavy atom. The Bertz CT molecular complexity index is 408. The van der Waals surface area contributed by atoms with Crippen molar-refractivity contribution in [3.05, 3.63) is 5.28 Å². The molecular formula is C13H22ClN5. The molecule has 1 fully saturated rings. The fourth-order valence-corrected chi connectivity index (χ4v) is 2.29. The highest BCUT2D eigenvalue weighted by Crippen LogP contribution is 2.28. The summed E-state index contributed by atoms with van der Waals surface area (Å²) >= 11 is 5.99. The van der Waals surface area contributed by atoms with Crippen molar-refractivity contribution >= 4 is 23.5 Å². The number of anilines is 2. The molecule has 0 spiro atoms. The van der Waals surface area contributed by atoms with E-state index < -0.39 is 0 Å². The lowest BCUT2D eigenvalue weighted by Gasteiger charge is -2.31. The van der Waals surface area contributed by atoms with E-state index in [1.165, 1.54) is 19.3 Å². The monoisotopic (exact) mass is 283 g/mol. The first-order chi connectivity index (χ1) is 9.22. The minimum absolute atomic E-state index is 0.260. The lowest BCUT2D eigenvalue weighted by atomic mass is 9.85. The number of nitrogens with one attached hydrogen (secondary N) is 1. The smallest absolute Gasteiger partial charge is 0.231 e. The van der Waals surface area contributed by atoms with E-state index in [0.29, 0.717) is 11.9 Å². The largest absolute Gasteiger partial charge is 0.354 e. The van der Waals surface area contributed by atoms with Crippen molar-refractivity contribution < 1.29 is 0 Å².